The molecule has 0 saturated carbocycles. The minimum absolute atomic E-state index is 0.0532. The summed E-state index contributed by atoms with van der Waals surface area (Å²) < 4.78 is 5.68. The van der Waals surface area contributed by atoms with Gasteiger partial charge in [-0.2, -0.15) is 0 Å². The highest BCUT2D eigenvalue weighted by Crippen LogP contribution is 2.49. The van der Waals surface area contributed by atoms with E-state index in [0.717, 1.165) is 18.5 Å². The van der Waals surface area contributed by atoms with E-state index in [9.17, 15) is 9.59 Å². The van der Waals surface area contributed by atoms with Crippen LogP contribution >= 0.6 is 11.3 Å². The molecule has 3 fully saturated rings. The molecule has 3 aliphatic rings. The fraction of sp³-hybridized carbons (Fsp3) is 0.583. The van der Waals surface area contributed by atoms with E-state index in [1.807, 2.05) is 12.3 Å². The number of ether oxygens (including phenoxy) is 1. The van der Waals surface area contributed by atoms with Gasteiger partial charge in [0.2, 0.25) is 11.8 Å². The molecule has 0 N–H and O–H groups in total. The lowest BCUT2D eigenvalue weighted by Gasteiger charge is -2.14. The van der Waals surface area contributed by atoms with Gasteiger partial charge in [-0.3, -0.25) is 9.59 Å². The number of nitrogens with zero attached hydrogens (tertiary/aromatic N) is 2. The number of anilines is 1. The summed E-state index contributed by atoms with van der Waals surface area (Å²) in [5, 5.41) is 2.37. The number of fused-ring (bicyclic) bond motifs is 5. The van der Waals surface area contributed by atoms with Crippen molar-refractivity contribution in [3.8, 4) is 0 Å². The summed E-state index contributed by atoms with van der Waals surface area (Å²) in [7, 11) is 0. The molecule has 3 saturated heterocycles. The quantitative estimate of drug-likeness (QED) is 0.713. The summed E-state index contributed by atoms with van der Waals surface area (Å²) >= 11 is 1.35. The molecule has 0 unspecified atom stereocenters. The normalized spacial score (nSPS) is 37.7. The van der Waals surface area contributed by atoms with E-state index < -0.39 is 0 Å². The van der Waals surface area contributed by atoms with Crippen molar-refractivity contribution in [3.05, 3.63) is 11.1 Å². The molecule has 1 aromatic heterocycles. The molecule has 0 radical (unpaired) electrons. The standard InChI is InChI=1S/C12H12N2O3S/c1-5-4-18-12(13-5)14-10(15)8-6-2-3-7(17-6)9(8)11(14)16/h4,6-9H,2-3H2,1H3/t6-,7+,8-,9+. The van der Waals surface area contributed by atoms with Crippen LogP contribution in [0.4, 0.5) is 5.13 Å². The highest BCUT2D eigenvalue weighted by molar-refractivity contribution is 7.14. The third kappa shape index (κ3) is 1.17. The Balaban J connectivity index is 1.75. The SMILES string of the molecule is Cc1csc(N2C(=O)[C@@H]3[C@H](C2=O)[C@H]2CC[C@@H]3O2)n1. The van der Waals surface area contributed by atoms with Crippen molar-refractivity contribution in [1.29, 1.82) is 0 Å². The van der Waals surface area contributed by atoms with Crippen LogP contribution in [0, 0.1) is 18.8 Å². The lowest BCUT2D eigenvalue weighted by Crippen LogP contribution is -2.34. The van der Waals surface area contributed by atoms with E-state index >= 15 is 0 Å². The van der Waals surface area contributed by atoms with Gasteiger partial charge in [-0.05, 0) is 19.8 Å². The van der Waals surface area contributed by atoms with Crippen molar-refractivity contribution in [2.75, 3.05) is 4.90 Å². The first kappa shape index (κ1) is 10.6. The van der Waals surface area contributed by atoms with Crippen LogP contribution in [0.2, 0.25) is 0 Å². The van der Waals surface area contributed by atoms with Crippen molar-refractivity contribution < 1.29 is 14.3 Å². The summed E-state index contributed by atoms with van der Waals surface area (Å²) in [4.78, 5) is 30.3. The molecular weight excluding hydrogens is 252 g/mol. The third-order valence-electron chi connectivity index (χ3n) is 4.08. The zero-order chi connectivity index (χ0) is 12.4. The van der Waals surface area contributed by atoms with E-state index in [1.54, 1.807) is 0 Å². The lowest BCUT2D eigenvalue weighted by molar-refractivity contribution is -0.124. The number of aromatic nitrogens is 1. The number of hydrogen-bond donors (Lipinski definition) is 0. The first-order chi connectivity index (χ1) is 8.66. The van der Waals surface area contributed by atoms with Crippen molar-refractivity contribution in [3.63, 3.8) is 0 Å². The maximum Gasteiger partial charge on any atom is 0.242 e. The zero-order valence-electron chi connectivity index (χ0n) is 9.83. The van der Waals surface area contributed by atoms with E-state index in [4.69, 9.17) is 4.74 Å². The number of rotatable bonds is 1. The topological polar surface area (TPSA) is 59.5 Å². The molecule has 3 aliphatic heterocycles. The molecule has 4 atom stereocenters. The lowest BCUT2D eigenvalue weighted by atomic mass is 9.81. The van der Waals surface area contributed by atoms with Crippen molar-refractivity contribution >= 4 is 28.3 Å². The second-order valence-corrected chi connectivity index (χ2v) is 5.96. The maximum atomic E-state index is 12.4. The minimum Gasteiger partial charge on any atom is -0.373 e. The molecule has 5 nitrogen and oxygen atoms in total. The summed E-state index contributed by atoms with van der Waals surface area (Å²) in [5.41, 5.74) is 0.840. The van der Waals surface area contributed by atoms with Crippen LogP contribution in [0.1, 0.15) is 18.5 Å². The fourth-order valence-corrected chi connectivity index (χ4v) is 4.16. The molecule has 18 heavy (non-hydrogen) atoms. The van der Waals surface area contributed by atoms with Gasteiger partial charge in [0.15, 0.2) is 5.13 Å². The number of hydrogen-bond acceptors (Lipinski definition) is 5. The van der Waals surface area contributed by atoms with Crippen LogP contribution in [0.5, 0.6) is 0 Å². The number of thiazole rings is 1. The van der Waals surface area contributed by atoms with Crippen LogP contribution in [0.3, 0.4) is 0 Å². The van der Waals surface area contributed by atoms with Crippen molar-refractivity contribution in [1.82, 2.24) is 4.98 Å². The van der Waals surface area contributed by atoms with Crippen LogP contribution in [0.15, 0.2) is 5.38 Å². The zero-order valence-corrected chi connectivity index (χ0v) is 10.6. The average Bonchev–Trinajstić information content (AvgIpc) is 3.05. The summed E-state index contributed by atoms with van der Waals surface area (Å²) in [6, 6.07) is 0. The monoisotopic (exact) mass is 264 g/mol. The average molecular weight is 264 g/mol. The first-order valence-electron chi connectivity index (χ1n) is 6.12. The Morgan fingerprint density at radius 1 is 1.28 bits per heavy atom. The van der Waals surface area contributed by atoms with Crippen molar-refractivity contribution in [2.45, 2.75) is 32.0 Å². The number of carbonyl (C=O) groups is 2. The molecule has 94 valence electrons. The smallest absolute Gasteiger partial charge is 0.242 e. The Morgan fingerprint density at radius 3 is 2.39 bits per heavy atom. The highest BCUT2D eigenvalue weighted by atomic mass is 32.1. The van der Waals surface area contributed by atoms with Crippen LogP contribution < -0.4 is 4.90 Å². The fourth-order valence-electron chi connectivity index (χ4n) is 3.34. The molecule has 1 aromatic rings. The number of imide groups is 1. The Morgan fingerprint density at radius 2 is 1.89 bits per heavy atom. The highest BCUT2D eigenvalue weighted by Gasteiger charge is 2.63. The Labute approximate surface area is 108 Å². The Bertz CT molecular complexity index is 527. The van der Waals surface area contributed by atoms with Crippen LogP contribution in [-0.4, -0.2) is 29.0 Å². The Hall–Kier alpha value is -1.27. The van der Waals surface area contributed by atoms with Gasteiger partial charge in [0.25, 0.3) is 0 Å². The molecule has 0 spiro atoms. The summed E-state index contributed by atoms with van der Waals surface area (Å²) in [5.74, 6) is -0.765. The molecule has 4 rings (SSSR count). The second kappa shape index (κ2) is 3.39. The Kier molecular flexibility index (Phi) is 2.00. The predicted molar refractivity (Wildman–Crippen MR) is 64.2 cm³/mol. The molecular formula is C12H12N2O3S. The van der Waals surface area contributed by atoms with Gasteiger partial charge in [-0.25, -0.2) is 9.88 Å². The van der Waals surface area contributed by atoms with Crippen LogP contribution in [-0.2, 0) is 14.3 Å². The summed E-state index contributed by atoms with van der Waals surface area (Å²) in [6.45, 7) is 1.86. The predicted octanol–water partition coefficient (Wildman–Crippen LogP) is 1.12. The molecule has 0 aliphatic carbocycles. The van der Waals surface area contributed by atoms with Gasteiger partial charge < -0.3 is 4.74 Å². The van der Waals surface area contributed by atoms with Gasteiger partial charge >= 0.3 is 0 Å². The number of carbonyl (C=O) groups excluding carboxylic acids is 2. The number of aryl methyl sites for hydroxylation is 1. The second-order valence-electron chi connectivity index (χ2n) is 5.13. The molecule has 2 amide bonds. The van der Waals surface area contributed by atoms with Gasteiger partial charge in [-0.1, -0.05) is 0 Å². The maximum absolute atomic E-state index is 12.4. The van der Waals surface area contributed by atoms with Gasteiger partial charge in [-0.15, -0.1) is 11.3 Å². The van der Waals surface area contributed by atoms with E-state index in [0.29, 0.717) is 5.13 Å². The molecule has 0 aromatic carbocycles. The van der Waals surface area contributed by atoms with Gasteiger partial charge in [0, 0.05) is 5.38 Å². The van der Waals surface area contributed by atoms with Crippen molar-refractivity contribution in [2.24, 2.45) is 11.8 Å². The first-order valence-corrected chi connectivity index (χ1v) is 7.00. The molecule has 6 heteroatoms. The van der Waals surface area contributed by atoms with Gasteiger partial charge in [0.1, 0.15) is 0 Å². The van der Waals surface area contributed by atoms with E-state index in [2.05, 4.69) is 4.98 Å². The summed E-state index contributed by atoms with van der Waals surface area (Å²) in [6.07, 6.45) is 1.69. The molecule has 2 bridgehead atoms. The van der Waals surface area contributed by atoms with E-state index in [1.165, 1.54) is 16.2 Å². The largest absolute Gasteiger partial charge is 0.373 e. The third-order valence-corrected chi connectivity index (χ3v) is 5.03. The van der Waals surface area contributed by atoms with E-state index in [-0.39, 0.29) is 35.9 Å². The number of amides is 2. The minimum atomic E-state index is -0.263. The molecule has 4 heterocycles. The van der Waals surface area contributed by atoms with Crippen LogP contribution in [0.25, 0.3) is 0 Å². The van der Waals surface area contributed by atoms with Gasteiger partial charge in [0.05, 0.1) is 29.7 Å².